The Morgan fingerprint density at radius 1 is 1.08 bits per heavy atom. The molecule has 144 valence electrons. The van der Waals surface area contributed by atoms with Crippen molar-refractivity contribution in [3.8, 4) is 0 Å². The Hall–Kier alpha value is -1.88. The molecule has 0 saturated carbocycles. The van der Waals surface area contributed by atoms with Crippen LogP contribution >= 0.6 is 0 Å². The molecule has 26 heavy (non-hydrogen) atoms. The minimum atomic E-state index is -0.528. The number of hydrogen-bond acceptors (Lipinski definition) is 3. The van der Waals surface area contributed by atoms with Gasteiger partial charge in [0.1, 0.15) is 6.04 Å². The number of carbonyl (C=O) groups is 2. The van der Waals surface area contributed by atoms with Crippen LogP contribution in [0.2, 0.25) is 0 Å². The number of carbonyl (C=O) groups excluding carboxylic acids is 2. The van der Waals surface area contributed by atoms with Crippen LogP contribution in [0.15, 0.2) is 24.3 Å². The molecular weight excluding hydrogens is 326 g/mol. The van der Waals surface area contributed by atoms with Gasteiger partial charge in [-0.1, -0.05) is 46.8 Å². The molecule has 1 fully saturated rings. The first-order chi connectivity index (χ1) is 12.2. The predicted molar refractivity (Wildman–Crippen MR) is 105 cm³/mol. The maximum absolute atomic E-state index is 12.7. The first-order valence-corrected chi connectivity index (χ1v) is 9.61. The third-order valence-electron chi connectivity index (χ3n) is 4.93. The van der Waals surface area contributed by atoms with Crippen molar-refractivity contribution in [2.75, 3.05) is 13.1 Å². The third kappa shape index (κ3) is 5.56. The highest BCUT2D eigenvalue weighted by molar-refractivity contribution is 5.97. The maximum Gasteiger partial charge on any atom is 0.251 e. The van der Waals surface area contributed by atoms with Gasteiger partial charge in [0.2, 0.25) is 5.91 Å². The topological polar surface area (TPSA) is 70.2 Å². The zero-order chi connectivity index (χ0) is 19.3. The molecule has 1 aliphatic rings. The van der Waals surface area contributed by atoms with E-state index in [1.807, 2.05) is 38.1 Å². The molecule has 0 spiro atoms. The average molecular weight is 360 g/mol. The first kappa shape index (κ1) is 20.4. The van der Waals surface area contributed by atoms with Gasteiger partial charge in [0.05, 0.1) is 0 Å². The number of nitrogens with one attached hydrogen (secondary N) is 3. The summed E-state index contributed by atoms with van der Waals surface area (Å²) in [4.78, 5) is 25.3. The molecule has 5 heteroatoms. The van der Waals surface area contributed by atoms with Crippen molar-refractivity contribution in [2.24, 2.45) is 5.92 Å². The summed E-state index contributed by atoms with van der Waals surface area (Å²) in [5.74, 6) is -0.273. The molecular formula is C21H33N3O2. The molecule has 0 aliphatic carbocycles. The highest BCUT2D eigenvalue weighted by Gasteiger charge is 2.27. The van der Waals surface area contributed by atoms with Crippen molar-refractivity contribution >= 4 is 11.8 Å². The van der Waals surface area contributed by atoms with E-state index in [9.17, 15) is 9.59 Å². The highest BCUT2D eigenvalue weighted by atomic mass is 16.2. The molecule has 1 atom stereocenters. The fourth-order valence-electron chi connectivity index (χ4n) is 3.14. The SMILES string of the molecule is CC(C)C(NC(=O)c1ccc(C(C)(C)C)cc1)C(=O)NC1CCNCC1. The second-order valence-corrected chi connectivity index (χ2v) is 8.56. The molecule has 3 N–H and O–H groups in total. The van der Waals surface area contributed by atoms with E-state index in [-0.39, 0.29) is 29.2 Å². The summed E-state index contributed by atoms with van der Waals surface area (Å²) in [6, 6.07) is 7.28. The summed E-state index contributed by atoms with van der Waals surface area (Å²) in [6.07, 6.45) is 1.86. The zero-order valence-electron chi connectivity index (χ0n) is 16.7. The van der Waals surface area contributed by atoms with Crippen molar-refractivity contribution < 1.29 is 9.59 Å². The smallest absolute Gasteiger partial charge is 0.251 e. The van der Waals surface area contributed by atoms with Crippen LogP contribution < -0.4 is 16.0 Å². The first-order valence-electron chi connectivity index (χ1n) is 9.61. The fraction of sp³-hybridized carbons (Fsp3) is 0.619. The van der Waals surface area contributed by atoms with Crippen molar-refractivity contribution in [2.45, 2.75) is 65.0 Å². The minimum Gasteiger partial charge on any atom is -0.351 e. The summed E-state index contributed by atoms with van der Waals surface area (Å²) < 4.78 is 0. The molecule has 0 radical (unpaired) electrons. The molecule has 1 aromatic rings. The molecule has 2 amide bonds. The van der Waals surface area contributed by atoms with E-state index in [4.69, 9.17) is 0 Å². The van der Waals surface area contributed by atoms with E-state index < -0.39 is 6.04 Å². The standard InChI is InChI=1S/C21H33N3O2/c1-14(2)18(20(26)23-17-10-12-22-13-11-17)24-19(25)15-6-8-16(9-7-15)21(3,4)5/h6-9,14,17-18,22H,10-13H2,1-5H3,(H,23,26)(H,24,25). The van der Waals surface area contributed by atoms with Gasteiger partial charge < -0.3 is 16.0 Å². The Bertz CT molecular complexity index is 611. The molecule has 5 nitrogen and oxygen atoms in total. The molecule has 1 unspecified atom stereocenters. The summed E-state index contributed by atoms with van der Waals surface area (Å²) in [6.45, 7) is 12.2. The van der Waals surface area contributed by atoms with Gasteiger partial charge in [0, 0.05) is 11.6 Å². The molecule has 2 rings (SSSR count). The van der Waals surface area contributed by atoms with Gasteiger partial charge in [-0.05, 0) is 55.0 Å². The van der Waals surface area contributed by atoms with Gasteiger partial charge >= 0.3 is 0 Å². The van der Waals surface area contributed by atoms with Crippen LogP contribution in [0, 0.1) is 5.92 Å². The molecule has 0 aromatic heterocycles. The van der Waals surface area contributed by atoms with Gasteiger partial charge in [0.15, 0.2) is 0 Å². The van der Waals surface area contributed by atoms with Crippen LogP contribution in [0.3, 0.4) is 0 Å². The van der Waals surface area contributed by atoms with E-state index in [0.717, 1.165) is 25.9 Å². The molecule has 1 heterocycles. The lowest BCUT2D eigenvalue weighted by molar-refractivity contribution is -0.124. The average Bonchev–Trinajstić information content (AvgIpc) is 2.59. The van der Waals surface area contributed by atoms with Crippen LogP contribution in [-0.4, -0.2) is 37.0 Å². The fourth-order valence-corrected chi connectivity index (χ4v) is 3.14. The van der Waals surface area contributed by atoms with Crippen LogP contribution in [-0.2, 0) is 10.2 Å². The van der Waals surface area contributed by atoms with E-state index >= 15 is 0 Å². The van der Waals surface area contributed by atoms with Gasteiger partial charge in [-0.15, -0.1) is 0 Å². The van der Waals surface area contributed by atoms with Gasteiger partial charge in [-0.2, -0.15) is 0 Å². The Morgan fingerprint density at radius 3 is 2.15 bits per heavy atom. The summed E-state index contributed by atoms with van der Waals surface area (Å²) >= 11 is 0. The van der Waals surface area contributed by atoms with Crippen molar-refractivity contribution in [3.05, 3.63) is 35.4 Å². The second-order valence-electron chi connectivity index (χ2n) is 8.56. The van der Waals surface area contributed by atoms with Gasteiger partial charge in [-0.3, -0.25) is 9.59 Å². The second kappa shape index (κ2) is 8.67. The van der Waals surface area contributed by atoms with Crippen LogP contribution in [0.25, 0.3) is 0 Å². The van der Waals surface area contributed by atoms with Gasteiger partial charge in [0.25, 0.3) is 5.91 Å². The number of piperidine rings is 1. The number of benzene rings is 1. The molecule has 1 aromatic carbocycles. The molecule has 0 bridgehead atoms. The zero-order valence-corrected chi connectivity index (χ0v) is 16.7. The Labute approximate surface area is 157 Å². The number of rotatable bonds is 5. The largest absolute Gasteiger partial charge is 0.351 e. The summed E-state index contributed by atoms with van der Waals surface area (Å²) in [5, 5.41) is 9.29. The van der Waals surface area contributed by atoms with E-state index in [1.54, 1.807) is 0 Å². The lowest BCUT2D eigenvalue weighted by Crippen LogP contribution is -2.53. The van der Waals surface area contributed by atoms with Crippen molar-refractivity contribution in [3.63, 3.8) is 0 Å². The number of hydrogen-bond donors (Lipinski definition) is 3. The van der Waals surface area contributed by atoms with Crippen molar-refractivity contribution in [1.82, 2.24) is 16.0 Å². The Morgan fingerprint density at radius 2 is 1.65 bits per heavy atom. The Kier molecular flexibility index (Phi) is 6.81. The monoisotopic (exact) mass is 359 g/mol. The lowest BCUT2D eigenvalue weighted by atomic mass is 9.86. The lowest BCUT2D eigenvalue weighted by Gasteiger charge is -2.28. The quantitative estimate of drug-likeness (QED) is 0.757. The van der Waals surface area contributed by atoms with Gasteiger partial charge in [-0.25, -0.2) is 0 Å². The third-order valence-corrected chi connectivity index (χ3v) is 4.93. The highest BCUT2D eigenvalue weighted by Crippen LogP contribution is 2.22. The molecule has 1 aliphatic heterocycles. The van der Waals surface area contributed by atoms with Crippen LogP contribution in [0.1, 0.15) is 63.4 Å². The minimum absolute atomic E-state index is 0.0227. The van der Waals surface area contributed by atoms with E-state index in [0.29, 0.717) is 5.56 Å². The van der Waals surface area contributed by atoms with Crippen LogP contribution in [0.4, 0.5) is 0 Å². The number of amides is 2. The molecule has 1 saturated heterocycles. The normalized spacial score (nSPS) is 17.0. The van der Waals surface area contributed by atoms with E-state index in [1.165, 1.54) is 5.56 Å². The predicted octanol–water partition coefficient (Wildman–Crippen LogP) is 2.61. The summed E-state index contributed by atoms with van der Waals surface area (Å²) in [5.41, 5.74) is 1.81. The van der Waals surface area contributed by atoms with E-state index in [2.05, 4.69) is 36.7 Å². The maximum atomic E-state index is 12.7. The van der Waals surface area contributed by atoms with Crippen molar-refractivity contribution in [1.29, 1.82) is 0 Å². The Balaban J connectivity index is 2.01. The van der Waals surface area contributed by atoms with Crippen LogP contribution in [0.5, 0.6) is 0 Å². The summed E-state index contributed by atoms with van der Waals surface area (Å²) in [7, 11) is 0.